The molecule has 1 atom stereocenters. The normalized spacial score (nSPS) is 11.8. The number of hydrogen-bond donors (Lipinski definition) is 2. The Balaban J connectivity index is 2.93. The quantitative estimate of drug-likeness (QED) is 0.863. The molecule has 1 heterocycles. The first kappa shape index (κ1) is 14.2. The van der Waals surface area contributed by atoms with Crippen molar-refractivity contribution in [3.63, 3.8) is 0 Å². The van der Waals surface area contributed by atoms with Gasteiger partial charge < -0.3 is 15.3 Å². The van der Waals surface area contributed by atoms with Gasteiger partial charge in [0.1, 0.15) is 11.9 Å². The van der Waals surface area contributed by atoms with Gasteiger partial charge in [0, 0.05) is 20.3 Å². The number of pyridine rings is 1. The van der Waals surface area contributed by atoms with E-state index in [0.29, 0.717) is 5.56 Å². The molecule has 0 saturated carbocycles. The Morgan fingerprint density at radius 2 is 2.11 bits per heavy atom. The number of aliphatic carboxylic acids is 1. The summed E-state index contributed by atoms with van der Waals surface area (Å²) < 4.78 is 0. The fraction of sp³-hybridized carbons (Fsp3) is 0.364. The third kappa shape index (κ3) is 3.33. The van der Waals surface area contributed by atoms with E-state index in [0.717, 1.165) is 0 Å². The maximum atomic E-state index is 11.7. The van der Waals surface area contributed by atoms with Crippen LogP contribution >= 0.6 is 11.6 Å². The van der Waals surface area contributed by atoms with Gasteiger partial charge in [0.25, 0.3) is 5.91 Å². The smallest absolute Gasteiger partial charge is 0.325 e. The molecule has 6 nitrogen and oxygen atoms in total. The summed E-state index contributed by atoms with van der Waals surface area (Å²) in [6, 6.07) is 0.638. The average molecular weight is 272 g/mol. The summed E-state index contributed by atoms with van der Waals surface area (Å²) in [5.41, 5.74) is 0.346. The molecule has 1 aromatic heterocycles. The van der Waals surface area contributed by atoms with Crippen LogP contribution in [0.25, 0.3) is 0 Å². The minimum Gasteiger partial charge on any atom is -0.480 e. The molecule has 1 rings (SSSR count). The van der Waals surface area contributed by atoms with E-state index in [1.165, 1.54) is 24.1 Å². The number of amides is 1. The maximum absolute atomic E-state index is 11.7. The predicted octanol–water partition coefficient (Wildman–Crippen LogP) is 1.32. The van der Waals surface area contributed by atoms with Crippen molar-refractivity contribution in [2.24, 2.45) is 0 Å². The van der Waals surface area contributed by atoms with Crippen LogP contribution in [0.2, 0.25) is 5.02 Å². The van der Waals surface area contributed by atoms with Crippen molar-refractivity contribution in [1.29, 1.82) is 0 Å². The van der Waals surface area contributed by atoms with Crippen LogP contribution in [0.3, 0.4) is 0 Å². The SMILES string of the molecule is C[C@@H](Nc1ncc(C(=O)N(C)C)cc1Cl)C(=O)O. The summed E-state index contributed by atoms with van der Waals surface area (Å²) in [4.78, 5) is 27.7. The Bertz CT molecular complexity index is 477. The fourth-order valence-corrected chi connectivity index (χ4v) is 1.41. The van der Waals surface area contributed by atoms with Gasteiger partial charge in [0.05, 0.1) is 10.6 Å². The number of aromatic nitrogens is 1. The highest BCUT2D eigenvalue weighted by Gasteiger charge is 2.15. The number of nitrogens with zero attached hydrogens (tertiary/aromatic N) is 2. The van der Waals surface area contributed by atoms with E-state index in [1.54, 1.807) is 14.1 Å². The van der Waals surface area contributed by atoms with E-state index in [2.05, 4.69) is 10.3 Å². The van der Waals surface area contributed by atoms with Gasteiger partial charge in [0.2, 0.25) is 0 Å². The minimum atomic E-state index is -1.01. The second-order valence-electron chi connectivity index (χ2n) is 3.96. The second kappa shape index (κ2) is 5.68. The molecule has 1 amide bonds. The lowest BCUT2D eigenvalue weighted by atomic mass is 10.2. The Hall–Kier alpha value is -1.82. The van der Waals surface area contributed by atoms with Gasteiger partial charge in [-0.3, -0.25) is 9.59 Å². The molecule has 0 aromatic carbocycles. The predicted molar refractivity (Wildman–Crippen MR) is 68.0 cm³/mol. The molecule has 0 saturated heterocycles. The van der Waals surface area contributed by atoms with Crippen molar-refractivity contribution in [1.82, 2.24) is 9.88 Å². The van der Waals surface area contributed by atoms with Gasteiger partial charge in [-0.2, -0.15) is 0 Å². The number of carboxylic acids is 1. The zero-order valence-electron chi connectivity index (χ0n) is 10.3. The molecule has 0 bridgehead atoms. The van der Waals surface area contributed by atoms with Crippen LogP contribution in [-0.2, 0) is 4.79 Å². The third-order valence-electron chi connectivity index (χ3n) is 2.22. The summed E-state index contributed by atoms with van der Waals surface area (Å²) in [5.74, 6) is -0.995. The number of nitrogens with one attached hydrogen (secondary N) is 1. The highest BCUT2D eigenvalue weighted by atomic mass is 35.5. The molecule has 0 aliphatic heterocycles. The van der Waals surface area contributed by atoms with Crippen LogP contribution in [0.1, 0.15) is 17.3 Å². The summed E-state index contributed by atoms with van der Waals surface area (Å²) in [6.45, 7) is 1.47. The van der Waals surface area contributed by atoms with Crippen LogP contribution in [0.5, 0.6) is 0 Å². The molecule has 98 valence electrons. The molecule has 0 unspecified atom stereocenters. The second-order valence-corrected chi connectivity index (χ2v) is 4.37. The van der Waals surface area contributed by atoms with Crippen molar-refractivity contribution in [2.45, 2.75) is 13.0 Å². The first-order chi connectivity index (χ1) is 8.32. The molecule has 1 aromatic rings. The molecular formula is C11H14ClN3O3. The number of carbonyl (C=O) groups excluding carboxylic acids is 1. The third-order valence-corrected chi connectivity index (χ3v) is 2.51. The van der Waals surface area contributed by atoms with Crippen molar-refractivity contribution in [3.8, 4) is 0 Å². The molecule has 7 heteroatoms. The van der Waals surface area contributed by atoms with Crippen molar-refractivity contribution < 1.29 is 14.7 Å². The Morgan fingerprint density at radius 3 is 2.56 bits per heavy atom. The van der Waals surface area contributed by atoms with Crippen molar-refractivity contribution in [2.75, 3.05) is 19.4 Å². The number of rotatable bonds is 4. The first-order valence-electron chi connectivity index (χ1n) is 5.19. The van der Waals surface area contributed by atoms with E-state index < -0.39 is 12.0 Å². The molecule has 18 heavy (non-hydrogen) atoms. The molecule has 0 radical (unpaired) electrons. The zero-order valence-corrected chi connectivity index (χ0v) is 11.0. The molecule has 0 aliphatic carbocycles. The lowest BCUT2D eigenvalue weighted by Crippen LogP contribution is -2.26. The standard InChI is InChI=1S/C11H14ClN3O3/c1-6(11(17)18)14-9-8(12)4-7(5-13-9)10(16)15(2)3/h4-6H,1-3H3,(H,13,14)(H,17,18)/t6-/m1/s1. The van der Waals surface area contributed by atoms with Gasteiger partial charge in [-0.1, -0.05) is 11.6 Å². The summed E-state index contributed by atoms with van der Waals surface area (Å²) >= 11 is 5.94. The highest BCUT2D eigenvalue weighted by Crippen LogP contribution is 2.21. The zero-order chi connectivity index (χ0) is 13.9. The fourth-order valence-electron chi connectivity index (χ4n) is 1.19. The van der Waals surface area contributed by atoms with E-state index in [9.17, 15) is 9.59 Å². The minimum absolute atomic E-state index is 0.204. The molecule has 0 spiro atoms. The highest BCUT2D eigenvalue weighted by molar-refractivity contribution is 6.33. The Labute approximate surface area is 110 Å². The van der Waals surface area contributed by atoms with Gasteiger partial charge in [0.15, 0.2) is 0 Å². The number of anilines is 1. The van der Waals surface area contributed by atoms with Crippen molar-refractivity contribution in [3.05, 3.63) is 22.8 Å². The maximum Gasteiger partial charge on any atom is 0.325 e. The van der Waals surface area contributed by atoms with Crippen LogP contribution in [0.15, 0.2) is 12.3 Å². The van der Waals surface area contributed by atoms with E-state index in [4.69, 9.17) is 16.7 Å². The van der Waals surface area contributed by atoms with Crippen LogP contribution in [-0.4, -0.2) is 47.0 Å². The summed E-state index contributed by atoms with van der Waals surface area (Å²) in [7, 11) is 3.24. The summed E-state index contributed by atoms with van der Waals surface area (Å²) in [5, 5.41) is 11.6. The van der Waals surface area contributed by atoms with Crippen molar-refractivity contribution >= 4 is 29.3 Å². The van der Waals surface area contributed by atoms with Gasteiger partial charge in [-0.25, -0.2) is 4.98 Å². The van der Waals surface area contributed by atoms with Crippen LogP contribution in [0, 0.1) is 0 Å². The lowest BCUT2D eigenvalue weighted by Gasteiger charge is -2.13. The van der Waals surface area contributed by atoms with E-state index >= 15 is 0 Å². The van der Waals surface area contributed by atoms with Gasteiger partial charge in [-0.15, -0.1) is 0 Å². The first-order valence-corrected chi connectivity index (χ1v) is 5.57. The van der Waals surface area contributed by atoms with E-state index in [-0.39, 0.29) is 16.7 Å². The average Bonchev–Trinajstić information content (AvgIpc) is 2.30. The topological polar surface area (TPSA) is 82.5 Å². The number of halogens is 1. The molecule has 0 fully saturated rings. The Morgan fingerprint density at radius 1 is 1.50 bits per heavy atom. The Kier molecular flexibility index (Phi) is 4.49. The lowest BCUT2D eigenvalue weighted by molar-refractivity contribution is -0.137. The van der Waals surface area contributed by atoms with Crippen LogP contribution in [0.4, 0.5) is 5.82 Å². The number of carbonyl (C=O) groups is 2. The number of carboxylic acid groups (broad SMARTS) is 1. The molecule has 2 N–H and O–H groups in total. The van der Waals surface area contributed by atoms with E-state index in [1.807, 2.05) is 0 Å². The monoisotopic (exact) mass is 271 g/mol. The molecular weight excluding hydrogens is 258 g/mol. The van der Waals surface area contributed by atoms with Crippen LogP contribution < -0.4 is 5.32 Å². The van der Waals surface area contributed by atoms with Gasteiger partial charge in [-0.05, 0) is 13.0 Å². The largest absolute Gasteiger partial charge is 0.480 e. The molecule has 0 aliphatic rings. The summed E-state index contributed by atoms with van der Waals surface area (Å²) in [6.07, 6.45) is 1.35. The van der Waals surface area contributed by atoms with Gasteiger partial charge >= 0.3 is 5.97 Å². The number of hydrogen-bond acceptors (Lipinski definition) is 4.